The first-order valence-electron chi connectivity index (χ1n) is 15.9. The van der Waals surface area contributed by atoms with Crippen LogP contribution < -0.4 is 20.5 Å². The number of fused-ring (bicyclic) bond motifs is 6. The van der Waals surface area contributed by atoms with Crippen LogP contribution in [0.25, 0.3) is 27.4 Å². The summed E-state index contributed by atoms with van der Waals surface area (Å²) < 4.78 is 66.6. The van der Waals surface area contributed by atoms with Crippen LogP contribution in [0.1, 0.15) is 49.8 Å². The monoisotopic (exact) mass is 648 g/mol. The van der Waals surface area contributed by atoms with E-state index in [9.17, 15) is 27.5 Å². The number of rotatable bonds is 5. The Morgan fingerprint density at radius 2 is 1.91 bits per heavy atom. The van der Waals surface area contributed by atoms with Gasteiger partial charge in [-0.05, 0) is 75.2 Å². The molecule has 2 N–H and O–H groups in total. The molecule has 5 aliphatic heterocycles. The van der Waals surface area contributed by atoms with Gasteiger partial charge in [-0.2, -0.15) is 23.1 Å². The zero-order valence-electron chi connectivity index (χ0n) is 25.4. The van der Waals surface area contributed by atoms with E-state index in [-0.39, 0.29) is 56.7 Å². The van der Waals surface area contributed by atoms with Crippen molar-refractivity contribution in [1.82, 2.24) is 24.8 Å². The van der Waals surface area contributed by atoms with Gasteiger partial charge in [-0.1, -0.05) is 12.0 Å². The molecule has 0 saturated carbocycles. The summed E-state index contributed by atoms with van der Waals surface area (Å²) in [6.07, 6.45) is 6.30. The van der Waals surface area contributed by atoms with Crippen molar-refractivity contribution in [2.24, 2.45) is 0 Å². The molecule has 13 heteroatoms. The maximum Gasteiger partial charge on any atom is 0.431 e. The standard InChI is InChI=1S/C34H32F4N6O3/c1-2-23-25(35)8-5-19-13-22(45)14-26(28(19)23)44-27(34(36,37)38)15-24-29(31(44)46)40-32(47-18-33-9-3-11-42(33)12-4-10-33)41-30(24)43-17-20-6-7-21(43)16-39-20/h1,5,8,13-15,20-21,39,45H,3-4,6-7,9-12,16-18H2. The molecule has 2 aromatic carbocycles. The molecule has 5 aliphatic rings. The summed E-state index contributed by atoms with van der Waals surface area (Å²) in [6, 6.07) is 5.43. The Balaban J connectivity index is 1.38. The fourth-order valence-electron chi connectivity index (χ4n) is 8.23. The van der Waals surface area contributed by atoms with Gasteiger partial charge in [0.1, 0.15) is 35.2 Å². The minimum atomic E-state index is -5.04. The largest absolute Gasteiger partial charge is 0.508 e. The van der Waals surface area contributed by atoms with Gasteiger partial charge in [0.15, 0.2) is 0 Å². The number of piperidine rings is 2. The Morgan fingerprint density at radius 1 is 1.13 bits per heavy atom. The second-order valence-corrected chi connectivity index (χ2v) is 13.1. The highest BCUT2D eigenvalue weighted by Crippen LogP contribution is 2.41. The van der Waals surface area contributed by atoms with E-state index in [2.05, 4.69) is 21.1 Å². The van der Waals surface area contributed by atoms with E-state index in [0.717, 1.165) is 69.8 Å². The normalized spacial score (nSPS) is 22.2. The third-order valence-electron chi connectivity index (χ3n) is 10.4. The molecule has 47 heavy (non-hydrogen) atoms. The van der Waals surface area contributed by atoms with Crippen LogP contribution in [0.4, 0.5) is 23.4 Å². The van der Waals surface area contributed by atoms with E-state index in [1.807, 2.05) is 4.90 Å². The van der Waals surface area contributed by atoms with Gasteiger partial charge in [-0.25, -0.2) is 4.39 Å². The van der Waals surface area contributed by atoms with Crippen molar-refractivity contribution in [2.45, 2.75) is 62.3 Å². The average molecular weight is 649 g/mol. The number of anilines is 1. The van der Waals surface area contributed by atoms with Gasteiger partial charge in [0.25, 0.3) is 5.56 Å². The maximum absolute atomic E-state index is 15.0. The van der Waals surface area contributed by atoms with Crippen molar-refractivity contribution < 1.29 is 27.4 Å². The molecule has 5 fully saturated rings. The van der Waals surface area contributed by atoms with Crippen LogP contribution in [-0.2, 0) is 6.18 Å². The van der Waals surface area contributed by atoms with Crippen LogP contribution in [0.2, 0.25) is 0 Å². The molecule has 0 amide bonds. The molecular weight excluding hydrogens is 616 g/mol. The first kappa shape index (κ1) is 30.0. The number of ether oxygens (including phenoxy) is 1. The predicted molar refractivity (Wildman–Crippen MR) is 168 cm³/mol. The summed E-state index contributed by atoms with van der Waals surface area (Å²) in [5.74, 6) is 1.13. The highest BCUT2D eigenvalue weighted by atomic mass is 19.4. The highest BCUT2D eigenvalue weighted by molar-refractivity contribution is 5.97. The van der Waals surface area contributed by atoms with Crippen LogP contribution in [0.3, 0.4) is 0 Å². The topological polar surface area (TPSA) is 95.8 Å². The Morgan fingerprint density at radius 3 is 2.57 bits per heavy atom. The van der Waals surface area contributed by atoms with Crippen molar-refractivity contribution in [1.29, 1.82) is 0 Å². The summed E-state index contributed by atoms with van der Waals surface area (Å²) in [7, 11) is 0. The van der Waals surface area contributed by atoms with Gasteiger partial charge in [0, 0.05) is 36.6 Å². The number of nitrogens with one attached hydrogen (secondary N) is 1. The van der Waals surface area contributed by atoms with Crippen LogP contribution in [-0.4, -0.2) is 75.0 Å². The number of hydrogen-bond acceptors (Lipinski definition) is 8. The lowest BCUT2D eigenvalue weighted by atomic mass is 9.93. The lowest BCUT2D eigenvalue weighted by Crippen LogP contribution is -2.61. The summed E-state index contributed by atoms with van der Waals surface area (Å²) in [5, 5.41) is 14.0. The third kappa shape index (κ3) is 4.80. The zero-order valence-corrected chi connectivity index (χ0v) is 25.4. The molecule has 7 heterocycles. The lowest BCUT2D eigenvalue weighted by Gasteiger charge is -2.46. The number of pyridine rings is 1. The molecule has 2 bridgehead atoms. The smallest absolute Gasteiger partial charge is 0.431 e. The fraction of sp³-hybridized carbons (Fsp3) is 0.441. The van der Waals surface area contributed by atoms with Crippen molar-refractivity contribution in [3.05, 3.63) is 57.8 Å². The van der Waals surface area contributed by atoms with E-state index < -0.39 is 34.7 Å². The molecular formula is C34H32F4N6O3. The highest BCUT2D eigenvalue weighted by Gasteiger charge is 2.45. The Kier molecular flexibility index (Phi) is 6.89. The predicted octanol–water partition coefficient (Wildman–Crippen LogP) is 4.73. The molecule has 0 aliphatic carbocycles. The minimum absolute atomic E-state index is 0.0438. The number of phenols is 1. The van der Waals surface area contributed by atoms with Gasteiger partial charge in [0.2, 0.25) is 0 Å². The van der Waals surface area contributed by atoms with Gasteiger partial charge < -0.3 is 20.1 Å². The average Bonchev–Trinajstić information content (AvgIpc) is 3.64. The molecule has 0 radical (unpaired) electrons. The molecule has 4 aromatic rings. The van der Waals surface area contributed by atoms with Crippen molar-refractivity contribution in [2.75, 3.05) is 37.7 Å². The Labute approximate surface area is 267 Å². The molecule has 5 saturated heterocycles. The number of aromatic hydroxyl groups is 1. The number of alkyl halides is 3. The maximum atomic E-state index is 15.0. The van der Waals surface area contributed by atoms with Crippen LogP contribution in [0.15, 0.2) is 35.1 Å². The number of phenolic OH excluding ortho intramolecular Hbond substituents is 1. The van der Waals surface area contributed by atoms with Crippen molar-refractivity contribution in [3.8, 4) is 29.8 Å². The number of piperazine rings is 1. The third-order valence-corrected chi connectivity index (χ3v) is 10.4. The summed E-state index contributed by atoms with van der Waals surface area (Å²) in [5.41, 5.74) is -3.65. The van der Waals surface area contributed by atoms with Crippen molar-refractivity contribution in [3.63, 3.8) is 0 Å². The van der Waals surface area contributed by atoms with Gasteiger partial charge >= 0.3 is 12.2 Å². The van der Waals surface area contributed by atoms with Crippen molar-refractivity contribution >= 4 is 27.5 Å². The first-order valence-corrected chi connectivity index (χ1v) is 15.9. The van der Waals surface area contributed by atoms with Gasteiger partial charge in [-0.15, -0.1) is 6.42 Å². The Bertz CT molecular complexity index is 2020. The van der Waals surface area contributed by atoms with E-state index >= 15 is 0 Å². The number of aromatic nitrogens is 3. The number of nitrogens with zero attached hydrogens (tertiary/aromatic N) is 5. The molecule has 9 nitrogen and oxygen atoms in total. The van der Waals surface area contributed by atoms with Crippen LogP contribution >= 0.6 is 0 Å². The van der Waals surface area contributed by atoms with Gasteiger partial charge in [-0.3, -0.25) is 14.3 Å². The zero-order chi connectivity index (χ0) is 32.7. The number of hydrogen-bond donors (Lipinski definition) is 2. The van der Waals surface area contributed by atoms with E-state index in [0.29, 0.717) is 24.3 Å². The second kappa shape index (κ2) is 10.8. The van der Waals surface area contributed by atoms with Crippen LogP contribution in [0, 0.1) is 18.2 Å². The summed E-state index contributed by atoms with van der Waals surface area (Å²) in [4.78, 5) is 28.0. The van der Waals surface area contributed by atoms with E-state index in [4.69, 9.17) is 16.1 Å². The molecule has 0 spiro atoms. The number of benzene rings is 2. The summed E-state index contributed by atoms with van der Waals surface area (Å²) in [6.45, 7) is 3.37. The molecule has 9 rings (SSSR count). The Hall–Kier alpha value is -4.41. The quantitative estimate of drug-likeness (QED) is 0.237. The number of terminal acetylenes is 1. The second-order valence-electron chi connectivity index (χ2n) is 13.1. The van der Waals surface area contributed by atoms with Gasteiger partial charge in [0.05, 0.1) is 22.2 Å². The SMILES string of the molecule is C#Cc1c(F)ccc2cc(O)cc(-n3c(C(F)(F)F)cc4c(N5CC6CCC5CN6)nc(OCC56CCCN5CCC6)nc4c3=O)c12. The molecule has 2 atom stereocenters. The molecule has 244 valence electrons. The molecule has 2 aromatic heterocycles. The fourth-order valence-corrected chi connectivity index (χ4v) is 8.23. The van der Waals surface area contributed by atoms with Crippen LogP contribution in [0.5, 0.6) is 11.8 Å². The summed E-state index contributed by atoms with van der Waals surface area (Å²) >= 11 is 0. The number of halogens is 4. The van der Waals surface area contributed by atoms with E-state index in [1.165, 1.54) is 12.1 Å². The minimum Gasteiger partial charge on any atom is -0.508 e. The lowest BCUT2D eigenvalue weighted by molar-refractivity contribution is -0.142. The van der Waals surface area contributed by atoms with E-state index in [1.54, 1.807) is 0 Å². The first-order chi connectivity index (χ1) is 22.6. The molecule has 2 unspecified atom stereocenters.